The van der Waals surface area contributed by atoms with E-state index in [1.165, 1.54) is 0 Å². The first-order valence-electron chi connectivity index (χ1n) is 3.58. The second-order valence-corrected chi connectivity index (χ2v) is 2.39. The Labute approximate surface area is 94.8 Å². The van der Waals surface area contributed by atoms with E-state index >= 15 is 0 Å². The van der Waals surface area contributed by atoms with Crippen LogP contribution in [0.25, 0.3) is 0 Å². The minimum Gasteiger partial charge on any atom is -0.872 e. The SMILES string of the molecule is COCCc1ccc([O-])cc1.[Na+]. The summed E-state index contributed by atoms with van der Waals surface area (Å²) in [5, 5.41) is 10.7. The number of hydrogen-bond donors (Lipinski definition) is 0. The van der Waals surface area contributed by atoms with Gasteiger partial charge in [0.25, 0.3) is 0 Å². The fourth-order valence-corrected chi connectivity index (χ4v) is 0.876. The van der Waals surface area contributed by atoms with E-state index in [0.717, 1.165) is 12.0 Å². The van der Waals surface area contributed by atoms with Crippen molar-refractivity contribution < 1.29 is 39.4 Å². The van der Waals surface area contributed by atoms with E-state index in [1.807, 2.05) is 12.1 Å². The van der Waals surface area contributed by atoms with Gasteiger partial charge in [-0.05, 0) is 12.0 Å². The van der Waals surface area contributed by atoms with Crippen molar-refractivity contribution in [1.29, 1.82) is 0 Å². The maximum absolute atomic E-state index is 10.7. The summed E-state index contributed by atoms with van der Waals surface area (Å²) in [6, 6.07) is 6.82. The molecule has 0 aliphatic heterocycles. The van der Waals surface area contributed by atoms with Gasteiger partial charge in [0.05, 0.1) is 6.61 Å². The van der Waals surface area contributed by atoms with E-state index in [4.69, 9.17) is 4.74 Å². The molecule has 1 aromatic rings. The van der Waals surface area contributed by atoms with Crippen LogP contribution < -0.4 is 34.7 Å². The predicted octanol–water partition coefficient (Wildman–Crippen LogP) is -2.05. The molecule has 0 N–H and O–H groups in total. The van der Waals surface area contributed by atoms with Gasteiger partial charge in [0.2, 0.25) is 0 Å². The predicted molar refractivity (Wildman–Crippen MR) is 41.5 cm³/mol. The molecule has 1 rings (SSSR count). The molecule has 1 aromatic carbocycles. The van der Waals surface area contributed by atoms with Crippen molar-refractivity contribution in [3.8, 4) is 5.75 Å². The first-order valence-corrected chi connectivity index (χ1v) is 3.58. The molecule has 0 aliphatic carbocycles. The molecule has 0 saturated carbocycles. The van der Waals surface area contributed by atoms with E-state index in [9.17, 15) is 5.11 Å². The number of methoxy groups -OCH3 is 1. The van der Waals surface area contributed by atoms with Crippen molar-refractivity contribution in [2.75, 3.05) is 13.7 Å². The summed E-state index contributed by atoms with van der Waals surface area (Å²) in [6.45, 7) is 0.707. The Morgan fingerprint density at radius 1 is 1.25 bits per heavy atom. The number of hydrogen-bond acceptors (Lipinski definition) is 2. The molecule has 0 unspecified atom stereocenters. The van der Waals surface area contributed by atoms with Crippen LogP contribution in [0.15, 0.2) is 24.3 Å². The van der Waals surface area contributed by atoms with Crippen LogP contribution in [0.1, 0.15) is 5.56 Å². The van der Waals surface area contributed by atoms with Gasteiger partial charge >= 0.3 is 29.6 Å². The average molecular weight is 174 g/mol. The Hall–Kier alpha value is -0.0200. The Kier molecular flexibility index (Phi) is 6.48. The molecule has 0 atom stereocenters. The quantitative estimate of drug-likeness (QED) is 0.494. The smallest absolute Gasteiger partial charge is 0.872 e. The summed E-state index contributed by atoms with van der Waals surface area (Å²) in [6.07, 6.45) is 0.872. The summed E-state index contributed by atoms with van der Waals surface area (Å²) in [5.74, 6) is 0.0613. The van der Waals surface area contributed by atoms with E-state index in [1.54, 1.807) is 19.2 Å². The Morgan fingerprint density at radius 2 is 1.83 bits per heavy atom. The molecule has 12 heavy (non-hydrogen) atoms. The van der Waals surface area contributed by atoms with Crippen molar-refractivity contribution in [3.05, 3.63) is 29.8 Å². The van der Waals surface area contributed by atoms with Gasteiger partial charge in [-0.25, -0.2) is 0 Å². The van der Waals surface area contributed by atoms with Crippen LogP contribution >= 0.6 is 0 Å². The van der Waals surface area contributed by atoms with Gasteiger partial charge in [0, 0.05) is 7.11 Å². The molecule has 0 aliphatic rings. The van der Waals surface area contributed by atoms with Gasteiger partial charge in [-0.1, -0.05) is 24.3 Å². The summed E-state index contributed by atoms with van der Waals surface area (Å²) in [4.78, 5) is 0. The molecule has 0 saturated heterocycles. The third kappa shape index (κ3) is 4.12. The largest absolute Gasteiger partial charge is 1.00 e. The van der Waals surface area contributed by atoms with Crippen molar-refractivity contribution in [1.82, 2.24) is 0 Å². The number of rotatable bonds is 3. The van der Waals surface area contributed by atoms with Gasteiger partial charge in [-0.2, -0.15) is 0 Å². The van der Waals surface area contributed by atoms with Crippen LogP contribution in [0.2, 0.25) is 0 Å². The minimum absolute atomic E-state index is 0. The molecule has 0 amide bonds. The molecule has 0 fully saturated rings. The van der Waals surface area contributed by atoms with E-state index in [0.29, 0.717) is 6.61 Å². The Balaban J connectivity index is 0.00000121. The third-order valence-electron chi connectivity index (χ3n) is 1.52. The normalized spacial score (nSPS) is 9.08. The molecule has 0 radical (unpaired) electrons. The topological polar surface area (TPSA) is 32.3 Å². The monoisotopic (exact) mass is 174 g/mol. The number of benzene rings is 1. The fourth-order valence-electron chi connectivity index (χ4n) is 0.876. The van der Waals surface area contributed by atoms with Crippen LogP contribution in [-0.2, 0) is 11.2 Å². The minimum atomic E-state index is 0. The molecule has 0 bridgehead atoms. The van der Waals surface area contributed by atoms with E-state index in [-0.39, 0.29) is 35.3 Å². The first kappa shape index (κ1) is 12.0. The van der Waals surface area contributed by atoms with Gasteiger partial charge in [0.15, 0.2) is 0 Å². The van der Waals surface area contributed by atoms with Crippen LogP contribution in [0, 0.1) is 0 Å². The summed E-state index contributed by atoms with van der Waals surface area (Å²) in [7, 11) is 1.67. The molecule has 2 nitrogen and oxygen atoms in total. The van der Waals surface area contributed by atoms with Crippen LogP contribution in [0.5, 0.6) is 5.75 Å². The second kappa shape index (κ2) is 6.49. The van der Waals surface area contributed by atoms with Crippen LogP contribution in [0.4, 0.5) is 0 Å². The maximum atomic E-state index is 10.7. The fraction of sp³-hybridized carbons (Fsp3) is 0.333. The van der Waals surface area contributed by atoms with Crippen molar-refractivity contribution in [2.24, 2.45) is 0 Å². The number of ether oxygens (including phenoxy) is 1. The van der Waals surface area contributed by atoms with Crippen LogP contribution in [0.3, 0.4) is 0 Å². The van der Waals surface area contributed by atoms with Crippen molar-refractivity contribution in [2.45, 2.75) is 6.42 Å². The van der Waals surface area contributed by atoms with E-state index in [2.05, 4.69) is 0 Å². The molecule has 0 spiro atoms. The van der Waals surface area contributed by atoms with Gasteiger partial charge < -0.3 is 9.84 Å². The summed E-state index contributed by atoms with van der Waals surface area (Å²) >= 11 is 0. The molecule has 0 aromatic heterocycles. The van der Waals surface area contributed by atoms with Gasteiger partial charge in [-0.15, -0.1) is 5.75 Å². The average Bonchev–Trinajstić information content (AvgIpc) is 2.04. The Morgan fingerprint density at radius 3 is 2.33 bits per heavy atom. The summed E-state index contributed by atoms with van der Waals surface area (Å²) in [5.41, 5.74) is 1.14. The van der Waals surface area contributed by atoms with Crippen molar-refractivity contribution in [3.63, 3.8) is 0 Å². The van der Waals surface area contributed by atoms with Crippen LogP contribution in [-0.4, -0.2) is 13.7 Å². The van der Waals surface area contributed by atoms with Gasteiger partial charge in [0.1, 0.15) is 0 Å². The molecule has 3 heteroatoms. The zero-order chi connectivity index (χ0) is 8.10. The van der Waals surface area contributed by atoms with Gasteiger partial charge in [-0.3, -0.25) is 0 Å². The second-order valence-electron chi connectivity index (χ2n) is 2.39. The standard InChI is InChI=1S/C9H12O2.Na/c1-11-7-6-8-2-4-9(10)5-3-8;/h2-5,10H,6-7H2,1H3;/q;+1/p-1. The maximum Gasteiger partial charge on any atom is 1.00 e. The zero-order valence-electron chi connectivity index (χ0n) is 7.54. The van der Waals surface area contributed by atoms with Crippen molar-refractivity contribution >= 4 is 0 Å². The molecular formula is C9H11NaO2. The zero-order valence-corrected chi connectivity index (χ0v) is 9.54. The molecular weight excluding hydrogens is 163 g/mol. The van der Waals surface area contributed by atoms with E-state index < -0.39 is 0 Å². The Bertz CT molecular complexity index is 208. The summed E-state index contributed by atoms with van der Waals surface area (Å²) < 4.78 is 4.90. The first-order chi connectivity index (χ1) is 5.33. The molecule has 60 valence electrons. The third-order valence-corrected chi connectivity index (χ3v) is 1.52. The molecule has 0 heterocycles.